The van der Waals surface area contributed by atoms with Gasteiger partial charge in [0.1, 0.15) is 5.75 Å². The van der Waals surface area contributed by atoms with E-state index in [1.54, 1.807) is 12.0 Å². The lowest BCUT2D eigenvalue weighted by Crippen LogP contribution is -2.42. The fourth-order valence-corrected chi connectivity index (χ4v) is 6.65. The van der Waals surface area contributed by atoms with E-state index in [1.807, 2.05) is 66.9 Å². The highest BCUT2D eigenvalue weighted by molar-refractivity contribution is 7.99. The Bertz CT molecular complexity index is 1260. The van der Waals surface area contributed by atoms with Crippen molar-refractivity contribution in [2.45, 2.75) is 31.5 Å². The summed E-state index contributed by atoms with van der Waals surface area (Å²) in [6, 6.07) is 15.4. The number of benzene rings is 2. The zero-order valence-corrected chi connectivity index (χ0v) is 21.1. The number of ether oxygens (including phenoxy) is 1. The Balaban J connectivity index is 1.60. The molecular formula is C24H28N4O4S2. The van der Waals surface area contributed by atoms with E-state index in [9.17, 15) is 13.2 Å². The first-order valence-electron chi connectivity index (χ1n) is 11.1. The number of amides is 1. The average Bonchev–Trinajstić information content (AvgIpc) is 3.41. The molecule has 8 nitrogen and oxygen atoms in total. The van der Waals surface area contributed by atoms with Gasteiger partial charge in [0.25, 0.3) is 0 Å². The number of hydrogen-bond donors (Lipinski definition) is 0. The van der Waals surface area contributed by atoms with Crippen LogP contribution in [-0.2, 0) is 14.6 Å². The van der Waals surface area contributed by atoms with Crippen molar-refractivity contribution in [2.24, 2.45) is 0 Å². The molecule has 0 bridgehead atoms. The molecule has 0 unspecified atom stereocenters. The molecule has 0 spiro atoms. The standard InChI is InChI=1S/C24H28N4O4S2/c1-4-27(20-13-14-34(30,31)16-20)22(29)15-33-24-26-25-23(18-7-11-21(32-3)12-8-18)28(24)19-9-5-17(2)6-10-19/h5-12,20H,4,13-16H2,1-3H3/t20-/m1/s1. The summed E-state index contributed by atoms with van der Waals surface area (Å²) in [5, 5.41) is 9.41. The number of aryl methyl sites for hydroxylation is 1. The Morgan fingerprint density at radius 2 is 1.85 bits per heavy atom. The van der Waals surface area contributed by atoms with Crippen molar-refractivity contribution in [3.8, 4) is 22.8 Å². The highest BCUT2D eigenvalue weighted by Gasteiger charge is 2.34. The summed E-state index contributed by atoms with van der Waals surface area (Å²) in [6.07, 6.45) is 0.494. The molecule has 3 aromatic rings. The van der Waals surface area contributed by atoms with Crippen molar-refractivity contribution in [3.05, 3.63) is 54.1 Å². The maximum absolute atomic E-state index is 13.0. The van der Waals surface area contributed by atoms with Crippen molar-refractivity contribution < 1.29 is 17.9 Å². The molecule has 1 amide bonds. The van der Waals surface area contributed by atoms with Gasteiger partial charge < -0.3 is 9.64 Å². The van der Waals surface area contributed by atoms with Crippen molar-refractivity contribution in [1.82, 2.24) is 19.7 Å². The first kappa shape index (κ1) is 24.3. The molecule has 0 aliphatic carbocycles. The highest BCUT2D eigenvalue weighted by atomic mass is 32.2. The second-order valence-corrected chi connectivity index (χ2v) is 11.4. The molecule has 1 aromatic heterocycles. The third-order valence-electron chi connectivity index (χ3n) is 5.91. The molecule has 1 fully saturated rings. The lowest BCUT2D eigenvalue weighted by atomic mass is 10.2. The number of carbonyl (C=O) groups excluding carboxylic acids is 1. The van der Waals surface area contributed by atoms with Gasteiger partial charge >= 0.3 is 0 Å². The number of carbonyl (C=O) groups is 1. The molecule has 10 heteroatoms. The summed E-state index contributed by atoms with van der Waals surface area (Å²) >= 11 is 1.30. The largest absolute Gasteiger partial charge is 0.497 e. The number of hydrogen-bond acceptors (Lipinski definition) is 7. The summed E-state index contributed by atoms with van der Waals surface area (Å²) in [6.45, 7) is 4.38. The van der Waals surface area contributed by atoms with Crippen molar-refractivity contribution >= 4 is 27.5 Å². The summed E-state index contributed by atoms with van der Waals surface area (Å²) in [4.78, 5) is 14.7. The van der Waals surface area contributed by atoms with E-state index in [4.69, 9.17) is 4.74 Å². The Hall–Kier alpha value is -2.85. The third-order valence-corrected chi connectivity index (χ3v) is 8.57. The number of sulfone groups is 1. The van der Waals surface area contributed by atoms with Gasteiger partial charge in [-0.15, -0.1) is 10.2 Å². The van der Waals surface area contributed by atoms with Gasteiger partial charge in [0.2, 0.25) is 5.91 Å². The van der Waals surface area contributed by atoms with Gasteiger partial charge in [0, 0.05) is 23.8 Å². The van der Waals surface area contributed by atoms with Crippen LogP contribution in [0.3, 0.4) is 0 Å². The van der Waals surface area contributed by atoms with Crippen LogP contribution in [0, 0.1) is 6.92 Å². The lowest BCUT2D eigenvalue weighted by Gasteiger charge is -2.26. The fourth-order valence-electron chi connectivity index (χ4n) is 4.09. The van der Waals surface area contributed by atoms with Gasteiger partial charge in [-0.3, -0.25) is 9.36 Å². The molecular weight excluding hydrogens is 472 g/mol. The molecule has 34 heavy (non-hydrogen) atoms. The van der Waals surface area contributed by atoms with Crippen LogP contribution in [-0.4, -0.2) is 70.9 Å². The van der Waals surface area contributed by atoms with Crippen LogP contribution in [0.25, 0.3) is 17.1 Å². The number of rotatable bonds is 8. The van der Waals surface area contributed by atoms with E-state index >= 15 is 0 Å². The topological polar surface area (TPSA) is 94.4 Å². The smallest absolute Gasteiger partial charge is 0.233 e. The van der Waals surface area contributed by atoms with Crippen LogP contribution in [0.5, 0.6) is 5.75 Å². The van der Waals surface area contributed by atoms with E-state index < -0.39 is 9.84 Å². The first-order chi connectivity index (χ1) is 16.3. The van der Waals surface area contributed by atoms with Crippen molar-refractivity contribution in [3.63, 3.8) is 0 Å². The molecule has 1 atom stereocenters. The molecule has 180 valence electrons. The minimum atomic E-state index is -3.07. The SMILES string of the molecule is CCN(C(=O)CSc1nnc(-c2ccc(OC)cc2)n1-c1ccc(C)cc1)[C@@H]1CCS(=O)(=O)C1. The van der Waals surface area contributed by atoms with Crippen LogP contribution < -0.4 is 4.74 Å². The summed E-state index contributed by atoms with van der Waals surface area (Å²) in [7, 11) is -1.44. The van der Waals surface area contributed by atoms with Gasteiger partial charge in [-0.05, 0) is 56.7 Å². The maximum Gasteiger partial charge on any atom is 0.233 e. The van der Waals surface area contributed by atoms with E-state index in [0.717, 1.165) is 22.6 Å². The molecule has 1 aliphatic rings. The fraction of sp³-hybridized carbons (Fsp3) is 0.375. The molecule has 2 heterocycles. The Morgan fingerprint density at radius 1 is 1.15 bits per heavy atom. The van der Waals surface area contributed by atoms with Gasteiger partial charge in [-0.25, -0.2) is 8.42 Å². The normalized spacial score (nSPS) is 17.0. The maximum atomic E-state index is 13.0. The number of thioether (sulfide) groups is 1. The Kier molecular flexibility index (Phi) is 7.27. The number of methoxy groups -OCH3 is 1. The molecule has 0 radical (unpaired) electrons. The average molecular weight is 501 g/mol. The van der Waals surface area contributed by atoms with Crippen molar-refractivity contribution in [1.29, 1.82) is 0 Å². The summed E-state index contributed by atoms with van der Waals surface area (Å²) in [5.74, 6) is 1.64. The molecule has 4 rings (SSSR count). The minimum absolute atomic E-state index is 0.0401. The Morgan fingerprint density at radius 3 is 2.44 bits per heavy atom. The molecule has 1 aliphatic heterocycles. The summed E-state index contributed by atoms with van der Waals surface area (Å²) < 4.78 is 31.0. The van der Waals surface area contributed by atoms with Gasteiger partial charge in [-0.2, -0.15) is 0 Å². The quantitative estimate of drug-likeness (QED) is 0.438. The van der Waals surface area contributed by atoms with E-state index in [0.29, 0.717) is 23.9 Å². The second-order valence-electron chi connectivity index (χ2n) is 8.23. The molecule has 1 saturated heterocycles. The van der Waals surface area contributed by atoms with Crippen LogP contribution in [0.1, 0.15) is 18.9 Å². The lowest BCUT2D eigenvalue weighted by molar-refractivity contribution is -0.129. The van der Waals surface area contributed by atoms with Crippen LogP contribution >= 0.6 is 11.8 Å². The van der Waals surface area contributed by atoms with E-state index in [2.05, 4.69) is 10.2 Å². The predicted molar refractivity (Wildman–Crippen MR) is 133 cm³/mol. The first-order valence-corrected chi connectivity index (χ1v) is 13.9. The summed E-state index contributed by atoms with van der Waals surface area (Å²) in [5.41, 5.74) is 2.90. The third kappa shape index (κ3) is 5.28. The highest BCUT2D eigenvalue weighted by Crippen LogP contribution is 2.30. The minimum Gasteiger partial charge on any atom is -0.497 e. The van der Waals surface area contributed by atoms with Crippen LogP contribution in [0.2, 0.25) is 0 Å². The zero-order valence-electron chi connectivity index (χ0n) is 19.5. The van der Waals surface area contributed by atoms with Crippen LogP contribution in [0.15, 0.2) is 53.7 Å². The molecule has 0 saturated carbocycles. The second kappa shape index (κ2) is 10.2. The Labute approximate surface area is 204 Å². The predicted octanol–water partition coefficient (Wildman–Crippen LogP) is 3.38. The number of nitrogens with zero attached hydrogens (tertiary/aromatic N) is 4. The van der Waals surface area contributed by atoms with Gasteiger partial charge in [0.05, 0.1) is 24.4 Å². The molecule has 2 aromatic carbocycles. The zero-order chi connectivity index (χ0) is 24.3. The molecule has 0 N–H and O–H groups in total. The van der Waals surface area contributed by atoms with E-state index in [-0.39, 0.29) is 29.2 Å². The van der Waals surface area contributed by atoms with E-state index in [1.165, 1.54) is 11.8 Å². The number of aromatic nitrogens is 3. The van der Waals surface area contributed by atoms with Gasteiger partial charge in [0.15, 0.2) is 20.8 Å². The van der Waals surface area contributed by atoms with Crippen LogP contribution in [0.4, 0.5) is 0 Å². The monoisotopic (exact) mass is 500 g/mol. The van der Waals surface area contributed by atoms with Crippen molar-refractivity contribution in [2.75, 3.05) is 30.9 Å². The van der Waals surface area contributed by atoms with Gasteiger partial charge in [-0.1, -0.05) is 29.5 Å².